The van der Waals surface area contributed by atoms with Crippen LogP contribution in [-0.4, -0.2) is 19.1 Å². The van der Waals surface area contributed by atoms with Gasteiger partial charge >= 0.3 is 0 Å². The van der Waals surface area contributed by atoms with Gasteiger partial charge in [-0.2, -0.15) is 0 Å². The number of hydrogen-bond donors (Lipinski definition) is 1. The van der Waals surface area contributed by atoms with E-state index in [0.717, 1.165) is 0 Å². The van der Waals surface area contributed by atoms with Gasteiger partial charge in [-0.25, -0.2) is 4.39 Å². The van der Waals surface area contributed by atoms with Crippen LogP contribution in [-0.2, 0) is 4.79 Å². The molecule has 2 aromatic carbocycles. The van der Waals surface area contributed by atoms with E-state index < -0.39 is 11.7 Å². The predicted octanol–water partition coefficient (Wildman–Crippen LogP) is 4.93. The lowest BCUT2D eigenvalue weighted by Gasteiger charge is -2.15. The smallest absolute Gasteiger partial charge is 0.248 e. The van der Waals surface area contributed by atoms with E-state index in [0.29, 0.717) is 22.1 Å². The summed E-state index contributed by atoms with van der Waals surface area (Å²) in [6.45, 7) is 3.77. The second-order valence-corrected chi connectivity index (χ2v) is 5.91. The normalized spacial score (nSPS) is 11.0. The maximum atomic E-state index is 13.5. The van der Waals surface area contributed by atoms with Crippen LogP contribution in [0.3, 0.4) is 0 Å². The van der Waals surface area contributed by atoms with E-state index in [9.17, 15) is 9.18 Å². The molecule has 0 atom stereocenters. The summed E-state index contributed by atoms with van der Waals surface area (Å²) in [6, 6.07) is 9.32. The first-order valence-corrected chi connectivity index (χ1v) is 8.06. The molecule has 1 amide bonds. The van der Waals surface area contributed by atoms with Crippen LogP contribution in [0.25, 0.3) is 6.08 Å². The van der Waals surface area contributed by atoms with Gasteiger partial charge in [0.25, 0.3) is 0 Å². The van der Waals surface area contributed by atoms with Gasteiger partial charge < -0.3 is 14.8 Å². The van der Waals surface area contributed by atoms with Crippen molar-refractivity contribution in [2.75, 3.05) is 12.4 Å². The maximum absolute atomic E-state index is 13.5. The molecule has 0 aromatic heterocycles. The fourth-order valence-corrected chi connectivity index (χ4v) is 2.36. The summed E-state index contributed by atoms with van der Waals surface area (Å²) in [4.78, 5) is 11.9. The van der Waals surface area contributed by atoms with Crippen molar-refractivity contribution in [3.8, 4) is 11.5 Å². The molecule has 25 heavy (non-hydrogen) atoms. The zero-order chi connectivity index (χ0) is 18.4. The molecule has 1 N–H and O–H groups in total. The second kappa shape index (κ2) is 8.53. The van der Waals surface area contributed by atoms with Gasteiger partial charge in [0, 0.05) is 6.08 Å². The molecule has 0 saturated carbocycles. The van der Waals surface area contributed by atoms with Gasteiger partial charge in [0.2, 0.25) is 5.91 Å². The number of ether oxygens (including phenoxy) is 2. The second-order valence-electron chi connectivity index (χ2n) is 5.50. The number of halogens is 2. The molecule has 0 spiro atoms. The van der Waals surface area contributed by atoms with Gasteiger partial charge in [0.1, 0.15) is 5.82 Å². The maximum Gasteiger partial charge on any atom is 0.248 e. The minimum Gasteiger partial charge on any atom is -0.493 e. The molecule has 2 rings (SSSR count). The van der Waals surface area contributed by atoms with E-state index >= 15 is 0 Å². The largest absolute Gasteiger partial charge is 0.493 e. The molecule has 6 heteroatoms. The number of rotatable bonds is 6. The Morgan fingerprint density at radius 1 is 1.28 bits per heavy atom. The molecular formula is C19H19ClFNO3. The highest BCUT2D eigenvalue weighted by Crippen LogP contribution is 2.37. The van der Waals surface area contributed by atoms with Crippen molar-refractivity contribution in [2.24, 2.45) is 0 Å². The standard InChI is InChI=1S/C19H19ClFNO3/c1-12(2)25-19-14(20)10-13(11-17(19)24-3)8-9-18(23)22-16-7-5-4-6-15(16)21/h4-12H,1-3H3,(H,22,23)/b9-8+. The minimum atomic E-state index is -0.496. The fourth-order valence-electron chi connectivity index (χ4n) is 2.09. The molecule has 0 aliphatic carbocycles. The number of carbonyl (C=O) groups excluding carboxylic acids is 1. The summed E-state index contributed by atoms with van der Waals surface area (Å²) in [6.07, 6.45) is 2.80. The Labute approximate surface area is 151 Å². The Bertz CT molecular complexity index is 790. The van der Waals surface area contributed by atoms with Gasteiger partial charge in [-0.15, -0.1) is 0 Å². The van der Waals surface area contributed by atoms with Crippen LogP contribution in [0, 0.1) is 5.82 Å². The Kier molecular flexibility index (Phi) is 6.42. The van der Waals surface area contributed by atoms with E-state index in [-0.39, 0.29) is 11.8 Å². The van der Waals surface area contributed by atoms with Crippen molar-refractivity contribution in [1.29, 1.82) is 0 Å². The monoisotopic (exact) mass is 363 g/mol. The highest BCUT2D eigenvalue weighted by atomic mass is 35.5. The molecule has 0 bridgehead atoms. The van der Waals surface area contributed by atoms with Crippen LogP contribution in [0.2, 0.25) is 5.02 Å². The topological polar surface area (TPSA) is 47.6 Å². The van der Waals surface area contributed by atoms with Crippen molar-refractivity contribution in [1.82, 2.24) is 0 Å². The molecule has 0 radical (unpaired) electrons. The number of para-hydroxylation sites is 1. The third kappa shape index (κ3) is 5.22. The number of amides is 1. The Morgan fingerprint density at radius 3 is 2.64 bits per heavy atom. The van der Waals surface area contributed by atoms with Crippen LogP contribution >= 0.6 is 11.6 Å². The van der Waals surface area contributed by atoms with Gasteiger partial charge in [0.15, 0.2) is 11.5 Å². The minimum absolute atomic E-state index is 0.0562. The summed E-state index contributed by atoms with van der Waals surface area (Å²) in [7, 11) is 1.51. The van der Waals surface area contributed by atoms with Crippen LogP contribution in [0.4, 0.5) is 10.1 Å². The molecule has 2 aromatic rings. The number of carbonyl (C=O) groups is 1. The van der Waals surface area contributed by atoms with Gasteiger partial charge in [0.05, 0.1) is 23.9 Å². The van der Waals surface area contributed by atoms with Crippen molar-refractivity contribution >= 4 is 29.3 Å². The van der Waals surface area contributed by atoms with Crippen LogP contribution < -0.4 is 14.8 Å². The average Bonchev–Trinajstić information content (AvgIpc) is 2.56. The molecule has 0 saturated heterocycles. The first-order chi connectivity index (χ1) is 11.9. The fraction of sp³-hybridized carbons (Fsp3) is 0.211. The lowest BCUT2D eigenvalue weighted by molar-refractivity contribution is -0.111. The molecule has 0 aliphatic rings. The molecule has 4 nitrogen and oxygen atoms in total. The first-order valence-electron chi connectivity index (χ1n) is 7.68. The third-order valence-electron chi connectivity index (χ3n) is 3.16. The van der Waals surface area contributed by atoms with Gasteiger partial charge in [-0.1, -0.05) is 23.7 Å². The third-order valence-corrected chi connectivity index (χ3v) is 3.44. The first kappa shape index (κ1) is 18.8. The highest BCUT2D eigenvalue weighted by Gasteiger charge is 2.13. The van der Waals surface area contributed by atoms with E-state index in [1.807, 2.05) is 13.8 Å². The molecule has 0 unspecified atom stereocenters. The average molecular weight is 364 g/mol. The summed E-state index contributed by atoms with van der Waals surface area (Å²) in [5, 5.41) is 2.85. The summed E-state index contributed by atoms with van der Waals surface area (Å²) >= 11 is 6.23. The van der Waals surface area contributed by atoms with E-state index in [2.05, 4.69) is 5.32 Å². The summed E-state index contributed by atoms with van der Waals surface area (Å²) < 4.78 is 24.5. The lowest BCUT2D eigenvalue weighted by atomic mass is 10.1. The Balaban J connectivity index is 2.16. The molecular weight excluding hydrogens is 345 g/mol. The van der Waals surface area contributed by atoms with E-state index in [1.54, 1.807) is 30.3 Å². The quantitative estimate of drug-likeness (QED) is 0.740. The summed E-state index contributed by atoms with van der Waals surface area (Å²) in [5.41, 5.74) is 0.773. The van der Waals surface area contributed by atoms with Crippen LogP contribution in [0.1, 0.15) is 19.4 Å². The molecule has 0 fully saturated rings. The number of benzene rings is 2. The van der Waals surface area contributed by atoms with Crippen LogP contribution in [0.5, 0.6) is 11.5 Å². The highest BCUT2D eigenvalue weighted by molar-refractivity contribution is 6.32. The SMILES string of the molecule is COc1cc(/C=C/C(=O)Nc2ccccc2F)cc(Cl)c1OC(C)C. The number of hydrogen-bond acceptors (Lipinski definition) is 3. The van der Waals surface area contributed by atoms with Crippen molar-refractivity contribution in [2.45, 2.75) is 20.0 Å². The molecule has 0 aliphatic heterocycles. The van der Waals surface area contributed by atoms with Crippen LogP contribution in [0.15, 0.2) is 42.5 Å². The number of methoxy groups -OCH3 is 1. The Morgan fingerprint density at radius 2 is 2.00 bits per heavy atom. The summed E-state index contributed by atoms with van der Waals surface area (Å²) in [5.74, 6) is -0.0330. The predicted molar refractivity (Wildman–Crippen MR) is 97.8 cm³/mol. The number of anilines is 1. The van der Waals surface area contributed by atoms with Gasteiger partial charge in [-0.05, 0) is 49.8 Å². The van der Waals surface area contributed by atoms with E-state index in [4.69, 9.17) is 21.1 Å². The van der Waals surface area contributed by atoms with Crippen molar-refractivity contribution < 1.29 is 18.7 Å². The van der Waals surface area contributed by atoms with Crippen molar-refractivity contribution in [3.05, 3.63) is 58.9 Å². The zero-order valence-corrected chi connectivity index (χ0v) is 14.9. The van der Waals surface area contributed by atoms with Crippen molar-refractivity contribution in [3.63, 3.8) is 0 Å². The van der Waals surface area contributed by atoms with Gasteiger partial charge in [-0.3, -0.25) is 4.79 Å². The molecule has 0 heterocycles. The molecule has 132 valence electrons. The number of nitrogens with one attached hydrogen (secondary N) is 1. The van der Waals surface area contributed by atoms with E-state index in [1.165, 1.54) is 25.3 Å². The zero-order valence-electron chi connectivity index (χ0n) is 14.2. The Hall–Kier alpha value is -2.53. The lowest BCUT2D eigenvalue weighted by Crippen LogP contribution is -2.09.